The van der Waals surface area contributed by atoms with Gasteiger partial charge in [-0.2, -0.15) is 5.10 Å². The molecule has 0 aliphatic rings. The largest absolute Gasteiger partial charge is 0.277 e. The van der Waals surface area contributed by atoms with E-state index in [9.17, 15) is 25.0 Å². The van der Waals surface area contributed by atoms with Crippen LogP contribution in [0.2, 0.25) is 0 Å². The number of carbonyl (C=O) groups is 1. The van der Waals surface area contributed by atoms with Crippen molar-refractivity contribution in [3.8, 4) is 0 Å². The van der Waals surface area contributed by atoms with E-state index in [1.807, 2.05) is 24.3 Å². The summed E-state index contributed by atoms with van der Waals surface area (Å²) in [6.45, 7) is 0. The highest BCUT2D eigenvalue weighted by atomic mass is 79.9. The number of nitrogens with one attached hydrogen (secondary N) is 1. The molecule has 0 atom stereocenters. The lowest BCUT2D eigenvalue weighted by Gasteiger charge is -2.01. The van der Waals surface area contributed by atoms with Crippen molar-refractivity contribution in [3.63, 3.8) is 0 Å². The number of hydrazone groups is 1. The highest BCUT2D eigenvalue weighted by Crippen LogP contribution is 2.34. The maximum absolute atomic E-state index is 12.2. The van der Waals surface area contributed by atoms with E-state index in [1.54, 1.807) is 0 Å². The van der Waals surface area contributed by atoms with Crippen molar-refractivity contribution in [2.75, 3.05) is 0 Å². The third-order valence-electron chi connectivity index (χ3n) is 3.53. The second kappa shape index (κ2) is 7.60. The fourth-order valence-electron chi connectivity index (χ4n) is 2.31. The van der Waals surface area contributed by atoms with Crippen LogP contribution in [0.25, 0.3) is 10.1 Å². The molecule has 0 bridgehead atoms. The highest BCUT2D eigenvalue weighted by molar-refractivity contribution is 9.11. The Morgan fingerprint density at radius 3 is 2.37 bits per heavy atom. The van der Waals surface area contributed by atoms with Crippen molar-refractivity contribution in [1.82, 2.24) is 5.43 Å². The van der Waals surface area contributed by atoms with Crippen LogP contribution in [-0.2, 0) is 0 Å². The molecule has 0 spiro atoms. The number of nitrogens with zero attached hydrogens (tertiary/aromatic N) is 3. The Kier molecular flexibility index (Phi) is 5.23. The van der Waals surface area contributed by atoms with Gasteiger partial charge in [-0.15, -0.1) is 11.3 Å². The Hall–Kier alpha value is -3.18. The lowest BCUT2D eigenvalue weighted by atomic mass is 10.1. The second-order valence-corrected chi connectivity index (χ2v) is 7.61. The molecule has 0 radical (unpaired) electrons. The molecule has 0 fully saturated rings. The molecule has 27 heavy (non-hydrogen) atoms. The van der Waals surface area contributed by atoms with Gasteiger partial charge < -0.3 is 0 Å². The van der Waals surface area contributed by atoms with Gasteiger partial charge in [0.05, 0.1) is 31.5 Å². The van der Waals surface area contributed by atoms with Gasteiger partial charge in [0.15, 0.2) is 0 Å². The number of rotatable bonds is 5. The maximum atomic E-state index is 12.2. The van der Waals surface area contributed by atoms with E-state index < -0.39 is 27.1 Å². The zero-order valence-electron chi connectivity index (χ0n) is 13.3. The van der Waals surface area contributed by atoms with Crippen molar-refractivity contribution in [2.45, 2.75) is 0 Å². The molecule has 0 saturated heterocycles. The van der Waals surface area contributed by atoms with Crippen LogP contribution >= 0.6 is 27.3 Å². The summed E-state index contributed by atoms with van der Waals surface area (Å²) in [5.74, 6) is -0.797. The topological polar surface area (TPSA) is 128 Å². The Labute approximate surface area is 163 Å². The first kappa shape index (κ1) is 18.6. The quantitative estimate of drug-likeness (QED) is 0.354. The van der Waals surface area contributed by atoms with Crippen molar-refractivity contribution in [1.29, 1.82) is 0 Å². The Bertz CT molecular complexity index is 1080. The number of hydrogen-bond acceptors (Lipinski definition) is 7. The first-order valence-electron chi connectivity index (χ1n) is 7.31. The summed E-state index contributed by atoms with van der Waals surface area (Å²) in [7, 11) is 0. The minimum Gasteiger partial charge on any atom is -0.267 e. The zero-order valence-corrected chi connectivity index (χ0v) is 15.7. The molecule has 1 N–H and O–H groups in total. The SMILES string of the molecule is O=C(N/N=C/c1c(Br)sc2ccccc12)c1cc([N+](=O)[O-])cc([N+](=O)[O-])c1. The van der Waals surface area contributed by atoms with E-state index in [4.69, 9.17) is 0 Å². The first-order chi connectivity index (χ1) is 12.9. The number of fused-ring (bicyclic) bond motifs is 1. The fourth-order valence-corrected chi connectivity index (χ4v) is 4.05. The minimum atomic E-state index is -0.804. The molecule has 136 valence electrons. The van der Waals surface area contributed by atoms with E-state index in [1.165, 1.54) is 17.6 Å². The molecule has 9 nitrogen and oxygen atoms in total. The molecule has 0 unspecified atom stereocenters. The van der Waals surface area contributed by atoms with Gasteiger partial charge in [-0.1, -0.05) is 18.2 Å². The molecule has 2 aromatic carbocycles. The van der Waals surface area contributed by atoms with E-state index in [-0.39, 0.29) is 5.56 Å². The van der Waals surface area contributed by atoms with Crippen molar-refractivity contribution >= 4 is 60.8 Å². The highest BCUT2D eigenvalue weighted by Gasteiger charge is 2.19. The molecule has 11 heteroatoms. The van der Waals surface area contributed by atoms with Crippen molar-refractivity contribution in [3.05, 3.63) is 77.6 Å². The minimum absolute atomic E-state index is 0.234. The molecule has 1 amide bonds. The predicted molar refractivity (Wildman–Crippen MR) is 104 cm³/mol. The second-order valence-electron chi connectivity index (χ2n) is 5.24. The number of benzene rings is 2. The lowest BCUT2D eigenvalue weighted by Crippen LogP contribution is -2.18. The smallest absolute Gasteiger partial charge is 0.267 e. The molecular formula is C16H9BrN4O5S. The normalized spacial score (nSPS) is 11.0. The molecule has 0 aliphatic carbocycles. The van der Waals surface area contributed by atoms with Crippen LogP contribution in [-0.4, -0.2) is 22.0 Å². The van der Waals surface area contributed by atoms with E-state index >= 15 is 0 Å². The fraction of sp³-hybridized carbons (Fsp3) is 0. The van der Waals surface area contributed by atoms with Gasteiger partial charge in [0.25, 0.3) is 17.3 Å². The van der Waals surface area contributed by atoms with Crippen LogP contribution in [0.4, 0.5) is 11.4 Å². The summed E-state index contributed by atoms with van der Waals surface area (Å²) < 4.78 is 1.86. The molecule has 3 aromatic rings. The molecule has 3 rings (SSSR count). The molecule has 0 saturated carbocycles. The Morgan fingerprint density at radius 2 is 1.74 bits per heavy atom. The van der Waals surface area contributed by atoms with E-state index in [2.05, 4.69) is 26.5 Å². The number of non-ortho nitro benzene ring substituents is 2. The summed E-state index contributed by atoms with van der Waals surface area (Å²) in [5.41, 5.74) is 1.66. The first-order valence-corrected chi connectivity index (χ1v) is 8.92. The van der Waals surface area contributed by atoms with Gasteiger partial charge in [-0.3, -0.25) is 25.0 Å². The van der Waals surface area contributed by atoms with Gasteiger partial charge in [0.2, 0.25) is 0 Å². The number of halogens is 1. The van der Waals surface area contributed by atoms with Crippen LogP contribution in [0.3, 0.4) is 0 Å². The number of hydrogen-bond donors (Lipinski definition) is 1. The summed E-state index contributed by atoms with van der Waals surface area (Å²) in [4.78, 5) is 32.4. The number of amides is 1. The van der Waals surface area contributed by atoms with Crippen LogP contribution < -0.4 is 5.43 Å². The molecular weight excluding hydrogens is 440 g/mol. The predicted octanol–water partition coefficient (Wildman–Crippen LogP) is 4.24. The average molecular weight is 449 g/mol. The summed E-state index contributed by atoms with van der Waals surface area (Å²) >= 11 is 4.94. The van der Waals surface area contributed by atoms with Gasteiger partial charge >= 0.3 is 0 Å². The average Bonchev–Trinajstić information content (AvgIpc) is 2.96. The standard InChI is InChI=1S/C16H9BrN4O5S/c17-15-13(12-3-1-2-4-14(12)27-15)8-18-19-16(22)9-5-10(20(23)24)7-11(6-9)21(25)26/h1-8H,(H,19,22)/b18-8+. The van der Waals surface area contributed by atoms with Crippen LogP contribution in [0, 0.1) is 20.2 Å². The number of nitro groups is 2. The summed E-state index contributed by atoms with van der Waals surface area (Å²) in [6, 6.07) is 10.3. The number of thiophene rings is 1. The number of nitro benzene ring substituents is 2. The van der Waals surface area contributed by atoms with Gasteiger partial charge in [-0.05, 0) is 22.0 Å². The van der Waals surface area contributed by atoms with Crippen LogP contribution in [0.5, 0.6) is 0 Å². The van der Waals surface area contributed by atoms with Gasteiger partial charge in [0.1, 0.15) is 0 Å². The van der Waals surface area contributed by atoms with Crippen molar-refractivity contribution in [2.24, 2.45) is 5.10 Å². The Balaban J connectivity index is 1.85. The third-order valence-corrected chi connectivity index (χ3v) is 5.42. The maximum Gasteiger partial charge on any atom is 0.277 e. The monoisotopic (exact) mass is 448 g/mol. The van der Waals surface area contributed by atoms with Crippen LogP contribution in [0.1, 0.15) is 15.9 Å². The van der Waals surface area contributed by atoms with E-state index in [0.717, 1.165) is 37.6 Å². The lowest BCUT2D eigenvalue weighted by molar-refractivity contribution is -0.394. The molecule has 1 heterocycles. The summed E-state index contributed by atoms with van der Waals surface area (Å²) in [5, 5.41) is 26.6. The summed E-state index contributed by atoms with van der Waals surface area (Å²) in [6.07, 6.45) is 1.44. The van der Waals surface area contributed by atoms with Gasteiger partial charge in [-0.25, -0.2) is 5.43 Å². The number of carbonyl (C=O) groups excluding carboxylic acids is 1. The molecule has 0 aliphatic heterocycles. The van der Waals surface area contributed by atoms with Crippen molar-refractivity contribution < 1.29 is 14.6 Å². The molecule has 1 aromatic heterocycles. The van der Waals surface area contributed by atoms with E-state index in [0.29, 0.717) is 0 Å². The Morgan fingerprint density at radius 1 is 1.11 bits per heavy atom. The third kappa shape index (κ3) is 3.99. The van der Waals surface area contributed by atoms with Crippen LogP contribution in [0.15, 0.2) is 51.4 Å². The van der Waals surface area contributed by atoms with Gasteiger partial charge in [0, 0.05) is 27.8 Å². The zero-order chi connectivity index (χ0) is 19.6.